The molecule has 2 fully saturated rings. The van der Waals surface area contributed by atoms with E-state index in [1.807, 2.05) is 11.8 Å². The van der Waals surface area contributed by atoms with Crippen LogP contribution in [-0.4, -0.2) is 62.1 Å². The maximum atomic E-state index is 12.4. The third-order valence-electron chi connectivity index (χ3n) is 4.70. The number of carbonyl (C=O) groups is 2. The number of hydrogen-bond acceptors (Lipinski definition) is 4. The molecule has 2 N–H and O–H groups in total. The van der Waals surface area contributed by atoms with Crippen molar-refractivity contribution in [1.29, 1.82) is 0 Å². The summed E-state index contributed by atoms with van der Waals surface area (Å²) in [6.45, 7) is 5.07. The van der Waals surface area contributed by atoms with Crippen LogP contribution in [0.15, 0.2) is 0 Å². The molecule has 0 bridgehead atoms. The first-order valence-corrected chi connectivity index (χ1v) is 8.48. The Morgan fingerprint density at radius 3 is 2.82 bits per heavy atom. The van der Waals surface area contributed by atoms with E-state index in [-0.39, 0.29) is 24.0 Å². The fourth-order valence-corrected chi connectivity index (χ4v) is 3.35. The van der Waals surface area contributed by atoms with E-state index in [2.05, 4.69) is 10.6 Å². The van der Waals surface area contributed by atoms with Crippen LogP contribution in [0.25, 0.3) is 0 Å². The molecule has 126 valence electrons. The first kappa shape index (κ1) is 17.2. The van der Waals surface area contributed by atoms with Gasteiger partial charge >= 0.3 is 0 Å². The zero-order chi connectivity index (χ0) is 15.9. The Morgan fingerprint density at radius 2 is 2.18 bits per heavy atom. The molecule has 2 aliphatic heterocycles. The van der Waals surface area contributed by atoms with Gasteiger partial charge in [-0.25, -0.2) is 0 Å². The minimum absolute atomic E-state index is 0.0284. The van der Waals surface area contributed by atoms with Crippen molar-refractivity contribution in [1.82, 2.24) is 15.5 Å². The molecule has 6 nitrogen and oxygen atoms in total. The molecule has 0 aliphatic carbocycles. The fourth-order valence-electron chi connectivity index (χ4n) is 3.35. The van der Waals surface area contributed by atoms with Crippen LogP contribution < -0.4 is 10.6 Å². The summed E-state index contributed by atoms with van der Waals surface area (Å²) in [5, 5.41) is 6.25. The van der Waals surface area contributed by atoms with Crippen molar-refractivity contribution in [3.8, 4) is 0 Å². The van der Waals surface area contributed by atoms with Gasteiger partial charge in [0.05, 0.1) is 6.04 Å². The van der Waals surface area contributed by atoms with Crippen LogP contribution in [0, 0.1) is 5.92 Å². The van der Waals surface area contributed by atoms with Gasteiger partial charge in [-0.05, 0) is 44.6 Å². The molecule has 2 aliphatic rings. The number of amides is 2. The topological polar surface area (TPSA) is 70.7 Å². The number of piperidine rings is 1. The Kier molecular flexibility index (Phi) is 6.64. The Labute approximate surface area is 132 Å². The van der Waals surface area contributed by atoms with Crippen molar-refractivity contribution in [3.63, 3.8) is 0 Å². The van der Waals surface area contributed by atoms with Gasteiger partial charge in [-0.15, -0.1) is 0 Å². The molecule has 3 unspecified atom stereocenters. The van der Waals surface area contributed by atoms with E-state index < -0.39 is 0 Å². The van der Waals surface area contributed by atoms with Gasteiger partial charge in [-0.2, -0.15) is 0 Å². The highest BCUT2D eigenvalue weighted by Crippen LogP contribution is 2.18. The van der Waals surface area contributed by atoms with Crippen LogP contribution in [0.2, 0.25) is 0 Å². The molecule has 0 saturated carbocycles. The lowest BCUT2D eigenvalue weighted by Gasteiger charge is -2.34. The normalized spacial score (nSPS) is 26.7. The van der Waals surface area contributed by atoms with Crippen molar-refractivity contribution >= 4 is 11.8 Å². The highest BCUT2D eigenvalue weighted by molar-refractivity contribution is 5.82. The summed E-state index contributed by atoms with van der Waals surface area (Å²) in [5.74, 6) is 0.528. The summed E-state index contributed by atoms with van der Waals surface area (Å²) in [6.07, 6.45) is 4.41. The predicted octanol–water partition coefficient (Wildman–Crippen LogP) is 0.518. The molecule has 0 radical (unpaired) electrons. The first-order valence-electron chi connectivity index (χ1n) is 8.48. The fraction of sp³-hybridized carbons (Fsp3) is 0.875. The molecule has 22 heavy (non-hydrogen) atoms. The monoisotopic (exact) mass is 311 g/mol. The Hall–Kier alpha value is -1.14. The van der Waals surface area contributed by atoms with Crippen molar-refractivity contribution in [3.05, 3.63) is 0 Å². The lowest BCUT2D eigenvalue weighted by atomic mass is 9.97. The van der Waals surface area contributed by atoms with E-state index in [1.165, 1.54) is 0 Å². The zero-order valence-electron chi connectivity index (χ0n) is 13.8. The summed E-state index contributed by atoms with van der Waals surface area (Å²) in [4.78, 5) is 26.3. The van der Waals surface area contributed by atoms with Gasteiger partial charge in [0.1, 0.15) is 6.10 Å². The third kappa shape index (κ3) is 4.43. The van der Waals surface area contributed by atoms with Crippen molar-refractivity contribution in [2.75, 3.05) is 33.3 Å². The van der Waals surface area contributed by atoms with E-state index in [4.69, 9.17) is 4.74 Å². The van der Waals surface area contributed by atoms with Crippen LogP contribution >= 0.6 is 0 Å². The molecule has 2 amide bonds. The second-order valence-corrected chi connectivity index (χ2v) is 6.32. The molecule has 0 aromatic carbocycles. The minimum atomic E-state index is -0.337. The van der Waals surface area contributed by atoms with E-state index in [1.54, 1.807) is 7.11 Å². The SMILES string of the molecule is CCC(OC)C(=O)N1CCCC(CNC(=O)C2CCCN2)C1. The molecule has 0 spiro atoms. The number of methoxy groups -OCH3 is 1. The number of nitrogens with zero attached hydrogens (tertiary/aromatic N) is 1. The summed E-state index contributed by atoms with van der Waals surface area (Å²) >= 11 is 0. The predicted molar refractivity (Wildman–Crippen MR) is 84.4 cm³/mol. The van der Waals surface area contributed by atoms with E-state index in [9.17, 15) is 9.59 Å². The smallest absolute Gasteiger partial charge is 0.251 e. The maximum Gasteiger partial charge on any atom is 0.251 e. The molecule has 0 aromatic rings. The quantitative estimate of drug-likeness (QED) is 0.750. The second kappa shape index (κ2) is 8.48. The van der Waals surface area contributed by atoms with Crippen LogP contribution in [0.1, 0.15) is 39.0 Å². The molecular formula is C16H29N3O3. The molecule has 3 atom stereocenters. The van der Waals surface area contributed by atoms with Gasteiger partial charge in [0.15, 0.2) is 0 Å². The van der Waals surface area contributed by atoms with Crippen LogP contribution in [0.4, 0.5) is 0 Å². The van der Waals surface area contributed by atoms with Crippen molar-refractivity contribution < 1.29 is 14.3 Å². The van der Waals surface area contributed by atoms with Gasteiger partial charge in [0.2, 0.25) is 5.91 Å². The number of hydrogen-bond donors (Lipinski definition) is 2. The zero-order valence-corrected chi connectivity index (χ0v) is 13.8. The van der Waals surface area contributed by atoms with E-state index >= 15 is 0 Å². The van der Waals surface area contributed by atoms with Gasteiger partial charge in [-0.3, -0.25) is 9.59 Å². The Balaban J connectivity index is 1.77. The largest absolute Gasteiger partial charge is 0.372 e. The lowest BCUT2D eigenvalue weighted by Crippen LogP contribution is -2.49. The number of nitrogens with one attached hydrogen (secondary N) is 2. The Bertz CT molecular complexity index is 379. The summed E-state index contributed by atoms with van der Waals surface area (Å²) < 4.78 is 5.25. The molecular weight excluding hydrogens is 282 g/mol. The van der Waals surface area contributed by atoms with Gasteiger partial charge in [0.25, 0.3) is 5.91 Å². The minimum Gasteiger partial charge on any atom is -0.372 e. The van der Waals surface area contributed by atoms with E-state index in [0.29, 0.717) is 18.9 Å². The van der Waals surface area contributed by atoms with Gasteiger partial charge in [0, 0.05) is 26.7 Å². The van der Waals surface area contributed by atoms with Crippen LogP contribution in [0.3, 0.4) is 0 Å². The van der Waals surface area contributed by atoms with Gasteiger partial charge in [-0.1, -0.05) is 6.92 Å². The average Bonchev–Trinajstić information content (AvgIpc) is 3.08. The molecule has 2 rings (SSSR count). The number of ether oxygens (including phenoxy) is 1. The molecule has 6 heteroatoms. The van der Waals surface area contributed by atoms with Crippen LogP contribution in [-0.2, 0) is 14.3 Å². The summed E-state index contributed by atoms with van der Waals surface area (Å²) in [6, 6.07) is -0.0284. The summed E-state index contributed by atoms with van der Waals surface area (Å²) in [5.41, 5.74) is 0. The Morgan fingerprint density at radius 1 is 1.36 bits per heavy atom. The summed E-state index contributed by atoms with van der Waals surface area (Å²) in [7, 11) is 1.59. The van der Waals surface area contributed by atoms with Crippen molar-refractivity contribution in [2.45, 2.75) is 51.2 Å². The third-order valence-corrected chi connectivity index (χ3v) is 4.70. The van der Waals surface area contributed by atoms with Crippen LogP contribution in [0.5, 0.6) is 0 Å². The standard InChI is InChI=1S/C16H29N3O3/c1-3-14(22-2)16(21)19-9-5-6-12(11-19)10-18-15(20)13-7-4-8-17-13/h12-14,17H,3-11H2,1-2H3,(H,18,20). The second-order valence-electron chi connectivity index (χ2n) is 6.32. The molecule has 2 heterocycles. The molecule has 2 saturated heterocycles. The number of carbonyl (C=O) groups excluding carboxylic acids is 2. The lowest BCUT2D eigenvalue weighted by molar-refractivity contribution is -0.144. The van der Waals surface area contributed by atoms with E-state index in [0.717, 1.165) is 45.3 Å². The highest BCUT2D eigenvalue weighted by atomic mass is 16.5. The number of likely N-dealkylation sites (tertiary alicyclic amines) is 1. The van der Waals surface area contributed by atoms with Gasteiger partial charge < -0.3 is 20.3 Å². The average molecular weight is 311 g/mol. The highest BCUT2D eigenvalue weighted by Gasteiger charge is 2.29. The number of rotatable bonds is 6. The molecule has 0 aromatic heterocycles. The maximum absolute atomic E-state index is 12.4. The van der Waals surface area contributed by atoms with Crippen molar-refractivity contribution in [2.24, 2.45) is 5.92 Å². The first-order chi connectivity index (χ1) is 10.7.